The third-order valence-electron chi connectivity index (χ3n) is 1.91. The van der Waals surface area contributed by atoms with Crippen molar-refractivity contribution in [3.05, 3.63) is 42.4 Å². The summed E-state index contributed by atoms with van der Waals surface area (Å²) >= 11 is 1.46. The predicted octanol–water partition coefficient (Wildman–Crippen LogP) is 2.08. The quantitative estimate of drug-likeness (QED) is 0.796. The van der Waals surface area contributed by atoms with Gasteiger partial charge in [-0.3, -0.25) is 4.98 Å². The van der Waals surface area contributed by atoms with Gasteiger partial charge < -0.3 is 5.73 Å². The van der Waals surface area contributed by atoms with Gasteiger partial charge in [-0.1, -0.05) is 11.8 Å². The van der Waals surface area contributed by atoms with Crippen LogP contribution >= 0.6 is 11.8 Å². The lowest BCUT2D eigenvalue weighted by Crippen LogP contribution is -1.90. The van der Waals surface area contributed by atoms with Crippen molar-refractivity contribution < 1.29 is 0 Å². The van der Waals surface area contributed by atoms with Gasteiger partial charge in [-0.05, 0) is 18.2 Å². The highest BCUT2D eigenvalue weighted by molar-refractivity contribution is 7.99. The Morgan fingerprint density at radius 2 is 2.19 bits per heavy atom. The molecule has 0 radical (unpaired) electrons. The number of anilines is 1. The number of nitriles is 1. The van der Waals surface area contributed by atoms with Crippen molar-refractivity contribution in [3.63, 3.8) is 0 Å². The van der Waals surface area contributed by atoms with Gasteiger partial charge in [0.05, 0.1) is 17.4 Å². The summed E-state index contributed by atoms with van der Waals surface area (Å²) in [5.74, 6) is 0. The van der Waals surface area contributed by atoms with E-state index in [2.05, 4.69) is 9.97 Å². The van der Waals surface area contributed by atoms with Crippen LogP contribution in [0.3, 0.4) is 0 Å². The Balaban J connectivity index is 2.24. The molecule has 2 rings (SSSR count). The van der Waals surface area contributed by atoms with Crippen LogP contribution in [0.25, 0.3) is 0 Å². The Morgan fingerprint density at radius 1 is 1.31 bits per heavy atom. The van der Waals surface area contributed by atoms with Crippen molar-refractivity contribution in [1.29, 1.82) is 5.26 Å². The number of aromatic nitrogens is 2. The SMILES string of the molecule is N#Cc1ccc(Sc2cnccn2)cc1N. The Hall–Kier alpha value is -2.06. The van der Waals surface area contributed by atoms with E-state index in [1.165, 1.54) is 11.8 Å². The predicted molar refractivity (Wildman–Crippen MR) is 61.7 cm³/mol. The van der Waals surface area contributed by atoms with Crippen molar-refractivity contribution in [3.8, 4) is 6.07 Å². The minimum Gasteiger partial charge on any atom is -0.398 e. The van der Waals surface area contributed by atoms with Crippen molar-refractivity contribution >= 4 is 17.4 Å². The van der Waals surface area contributed by atoms with Crippen LogP contribution < -0.4 is 5.73 Å². The first-order valence-corrected chi connectivity index (χ1v) is 5.35. The lowest BCUT2D eigenvalue weighted by molar-refractivity contribution is 1.05. The maximum absolute atomic E-state index is 8.74. The van der Waals surface area contributed by atoms with Crippen molar-refractivity contribution in [1.82, 2.24) is 9.97 Å². The van der Waals surface area contributed by atoms with Gasteiger partial charge in [0, 0.05) is 17.3 Å². The van der Waals surface area contributed by atoms with Crippen LogP contribution in [0.15, 0.2) is 46.7 Å². The Morgan fingerprint density at radius 3 is 2.81 bits per heavy atom. The molecule has 1 aromatic heterocycles. The Labute approximate surface area is 97.1 Å². The fourth-order valence-corrected chi connectivity index (χ4v) is 1.96. The van der Waals surface area contributed by atoms with Gasteiger partial charge in [-0.25, -0.2) is 4.98 Å². The molecule has 0 unspecified atom stereocenters. The zero-order chi connectivity index (χ0) is 11.4. The molecule has 1 heterocycles. The van der Waals surface area contributed by atoms with Gasteiger partial charge in [-0.2, -0.15) is 5.26 Å². The van der Waals surface area contributed by atoms with E-state index in [9.17, 15) is 0 Å². The highest BCUT2D eigenvalue weighted by atomic mass is 32.2. The summed E-state index contributed by atoms with van der Waals surface area (Å²) in [6, 6.07) is 7.33. The highest BCUT2D eigenvalue weighted by Gasteiger charge is 2.02. The number of nitrogens with zero attached hydrogens (tertiary/aromatic N) is 3. The molecule has 0 atom stereocenters. The molecule has 78 valence electrons. The molecular formula is C11H8N4S. The van der Waals surface area contributed by atoms with Crippen molar-refractivity contribution in [2.75, 3.05) is 5.73 Å². The standard InChI is InChI=1S/C11H8N4S/c12-6-8-1-2-9(5-10(8)13)16-11-7-14-3-4-15-11/h1-5,7H,13H2. The Bertz CT molecular complexity index is 533. The molecule has 0 spiro atoms. The zero-order valence-electron chi connectivity index (χ0n) is 8.29. The third kappa shape index (κ3) is 2.30. The fraction of sp³-hybridized carbons (Fsp3) is 0. The van der Waals surface area contributed by atoms with Crippen LogP contribution in [0, 0.1) is 11.3 Å². The van der Waals surface area contributed by atoms with Gasteiger partial charge in [0.15, 0.2) is 0 Å². The second kappa shape index (κ2) is 4.64. The first-order chi connectivity index (χ1) is 7.79. The van der Waals surface area contributed by atoms with Crippen LogP contribution in [0.5, 0.6) is 0 Å². The average Bonchev–Trinajstić information content (AvgIpc) is 2.31. The van der Waals surface area contributed by atoms with Crippen molar-refractivity contribution in [2.24, 2.45) is 0 Å². The lowest BCUT2D eigenvalue weighted by Gasteiger charge is -2.02. The molecule has 0 aliphatic rings. The van der Waals surface area contributed by atoms with E-state index in [0.29, 0.717) is 11.3 Å². The molecule has 0 fully saturated rings. The molecule has 5 heteroatoms. The van der Waals surface area contributed by atoms with E-state index in [0.717, 1.165) is 9.92 Å². The lowest BCUT2D eigenvalue weighted by atomic mass is 10.2. The molecule has 1 aromatic carbocycles. The van der Waals surface area contributed by atoms with Gasteiger partial charge in [0.2, 0.25) is 0 Å². The largest absolute Gasteiger partial charge is 0.398 e. The molecular weight excluding hydrogens is 220 g/mol. The smallest absolute Gasteiger partial charge is 0.119 e. The third-order valence-corrected chi connectivity index (χ3v) is 2.81. The van der Waals surface area contributed by atoms with Gasteiger partial charge in [0.1, 0.15) is 11.1 Å². The summed E-state index contributed by atoms with van der Waals surface area (Å²) in [6.07, 6.45) is 4.94. The number of rotatable bonds is 2. The van der Waals surface area contributed by atoms with Gasteiger partial charge in [-0.15, -0.1) is 0 Å². The first kappa shape index (κ1) is 10.5. The maximum Gasteiger partial charge on any atom is 0.119 e. The molecule has 2 N–H and O–H groups in total. The number of hydrogen-bond acceptors (Lipinski definition) is 5. The minimum atomic E-state index is 0.483. The van der Waals surface area contributed by atoms with E-state index >= 15 is 0 Å². The second-order valence-corrected chi connectivity index (χ2v) is 4.10. The average molecular weight is 228 g/mol. The molecule has 2 aromatic rings. The van der Waals surface area contributed by atoms with Crippen molar-refractivity contribution in [2.45, 2.75) is 9.92 Å². The van der Waals surface area contributed by atoms with E-state index in [1.807, 2.05) is 12.1 Å². The molecule has 0 amide bonds. The monoisotopic (exact) mass is 228 g/mol. The minimum absolute atomic E-state index is 0.483. The van der Waals surface area contributed by atoms with E-state index < -0.39 is 0 Å². The summed E-state index contributed by atoms with van der Waals surface area (Å²) in [7, 11) is 0. The van der Waals surface area contributed by atoms with Crippen LogP contribution in [0.4, 0.5) is 5.69 Å². The van der Waals surface area contributed by atoms with E-state index in [-0.39, 0.29) is 0 Å². The molecule has 0 aliphatic heterocycles. The normalized spacial score (nSPS) is 9.69. The molecule has 4 nitrogen and oxygen atoms in total. The zero-order valence-corrected chi connectivity index (χ0v) is 9.11. The summed E-state index contributed by atoms with van der Waals surface area (Å²) in [4.78, 5) is 9.05. The Kier molecular flexibility index (Phi) is 3.03. The molecule has 16 heavy (non-hydrogen) atoms. The highest BCUT2D eigenvalue weighted by Crippen LogP contribution is 2.27. The molecule has 0 saturated heterocycles. The number of benzene rings is 1. The van der Waals surface area contributed by atoms with Crippen LogP contribution in [0.2, 0.25) is 0 Å². The van der Waals surface area contributed by atoms with Gasteiger partial charge in [0.25, 0.3) is 0 Å². The number of nitrogens with two attached hydrogens (primary N) is 1. The molecule has 0 saturated carbocycles. The van der Waals surface area contributed by atoms with Gasteiger partial charge >= 0.3 is 0 Å². The van der Waals surface area contributed by atoms with Crippen LogP contribution in [-0.4, -0.2) is 9.97 Å². The molecule has 0 bridgehead atoms. The molecule has 0 aliphatic carbocycles. The maximum atomic E-state index is 8.74. The number of hydrogen-bond donors (Lipinski definition) is 1. The summed E-state index contributed by atoms with van der Waals surface area (Å²) in [5, 5.41) is 9.54. The van der Waals surface area contributed by atoms with Crippen LogP contribution in [0.1, 0.15) is 5.56 Å². The number of nitrogen functional groups attached to an aromatic ring is 1. The van der Waals surface area contributed by atoms with E-state index in [1.54, 1.807) is 30.7 Å². The summed E-state index contributed by atoms with van der Waals surface area (Å²) in [6.45, 7) is 0. The summed E-state index contributed by atoms with van der Waals surface area (Å²) in [5.41, 5.74) is 6.69. The topological polar surface area (TPSA) is 75.6 Å². The summed E-state index contributed by atoms with van der Waals surface area (Å²) < 4.78 is 0. The second-order valence-electron chi connectivity index (χ2n) is 3.01. The first-order valence-electron chi connectivity index (χ1n) is 4.53. The van der Waals surface area contributed by atoms with E-state index in [4.69, 9.17) is 11.0 Å². The fourth-order valence-electron chi connectivity index (χ4n) is 1.16. The van der Waals surface area contributed by atoms with Crippen LogP contribution in [-0.2, 0) is 0 Å².